The lowest BCUT2D eigenvalue weighted by Gasteiger charge is -2.22. The number of nitrogens with one attached hydrogen (secondary N) is 1. The third kappa shape index (κ3) is 8.18. The van der Waals surface area contributed by atoms with E-state index in [1.807, 2.05) is 31.2 Å². The number of hydrogen-bond donors (Lipinski definition) is 3. The Bertz CT molecular complexity index is 542. The molecule has 140 valence electrons. The third-order valence-corrected chi connectivity index (χ3v) is 4.21. The van der Waals surface area contributed by atoms with Gasteiger partial charge in [0.05, 0.1) is 13.2 Å². The van der Waals surface area contributed by atoms with Crippen LogP contribution in [0.3, 0.4) is 0 Å². The van der Waals surface area contributed by atoms with Crippen molar-refractivity contribution in [3.63, 3.8) is 0 Å². The lowest BCUT2D eigenvalue weighted by Crippen LogP contribution is -2.30. The Morgan fingerprint density at radius 1 is 1.40 bits per heavy atom. The van der Waals surface area contributed by atoms with E-state index in [9.17, 15) is 4.39 Å². The lowest BCUT2D eigenvalue weighted by atomic mass is 9.99. The Balaban J connectivity index is 0.000000333. The van der Waals surface area contributed by atoms with Crippen LogP contribution in [0, 0.1) is 5.92 Å². The zero-order valence-electron chi connectivity index (χ0n) is 15.1. The third-order valence-electron chi connectivity index (χ3n) is 4.21. The Hall–Kier alpha value is -1.85. The summed E-state index contributed by atoms with van der Waals surface area (Å²) >= 11 is 0. The zero-order valence-corrected chi connectivity index (χ0v) is 15.1. The number of benzene rings is 1. The molecular formula is C20H31FN2O2. The van der Waals surface area contributed by atoms with Gasteiger partial charge in [0.1, 0.15) is 11.9 Å². The molecule has 0 amide bonds. The van der Waals surface area contributed by atoms with Crippen LogP contribution in [0.1, 0.15) is 31.7 Å². The second kappa shape index (κ2) is 11.7. The summed E-state index contributed by atoms with van der Waals surface area (Å²) in [7, 11) is 0. The minimum atomic E-state index is -1.22. The molecule has 1 heterocycles. The van der Waals surface area contributed by atoms with E-state index in [1.165, 1.54) is 12.8 Å². The van der Waals surface area contributed by atoms with Crippen LogP contribution in [0.25, 0.3) is 5.70 Å². The van der Waals surface area contributed by atoms with Crippen molar-refractivity contribution in [2.75, 3.05) is 26.3 Å². The summed E-state index contributed by atoms with van der Waals surface area (Å²) in [6.07, 6.45) is 1.77. The van der Waals surface area contributed by atoms with Crippen molar-refractivity contribution in [2.45, 2.75) is 32.4 Å². The average molecular weight is 350 g/mol. The van der Waals surface area contributed by atoms with Crippen molar-refractivity contribution in [1.29, 1.82) is 0 Å². The molecule has 0 aliphatic carbocycles. The quantitative estimate of drug-likeness (QED) is 0.660. The average Bonchev–Trinajstić information content (AvgIpc) is 2.66. The van der Waals surface area contributed by atoms with E-state index in [1.54, 1.807) is 0 Å². The van der Waals surface area contributed by atoms with Gasteiger partial charge in [0.25, 0.3) is 0 Å². The van der Waals surface area contributed by atoms with Gasteiger partial charge in [-0.1, -0.05) is 32.2 Å². The van der Waals surface area contributed by atoms with Crippen LogP contribution in [0.2, 0.25) is 0 Å². The number of alkyl halides is 1. The van der Waals surface area contributed by atoms with Gasteiger partial charge >= 0.3 is 0 Å². The first-order chi connectivity index (χ1) is 12.0. The van der Waals surface area contributed by atoms with E-state index in [2.05, 4.69) is 18.5 Å². The molecule has 1 saturated heterocycles. The first kappa shape index (κ1) is 21.2. The smallest absolute Gasteiger partial charge is 0.144 e. The zero-order chi connectivity index (χ0) is 18.7. The number of aliphatic hydroxyl groups is 1. The monoisotopic (exact) mass is 350 g/mol. The van der Waals surface area contributed by atoms with E-state index >= 15 is 0 Å². The first-order valence-electron chi connectivity index (χ1n) is 8.78. The van der Waals surface area contributed by atoms with E-state index in [0.29, 0.717) is 23.6 Å². The largest absolute Gasteiger partial charge is 0.493 e. The fraction of sp³-hybridized carbons (Fsp3) is 0.500. The maximum atomic E-state index is 12.2. The predicted molar refractivity (Wildman–Crippen MR) is 102 cm³/mol. The number of piperidine rings is 1. The number of halogens is 1. The molecule has 1 atom stereocenters. The van der Waals surface area contributed by atoms with Gasteiger partial charge in [-0.25, -0.2) is 4.39 Å². The summed E-state index contributed by atoms with van der Waals surface area (Å²) in [5.41, 5.74) is 7.65. The highest BCUT2D eigenvalue weighted by Gasteiger charge is 2.13. The summed E-state index contributed by atoms with van der Waals surface area (Å²) < 4.78 is 18.0. The van der Waals surface area contributed by atoms with Crippen LogP contribution in [-0.4, -0.2) is 37.6 Å². The van der Waals surface area contributed by atoms with E-state index in [4.69, 9.17) is 15.6 Å². The molecule has 0 saturated carbocycles. The molecule has 4 nitrogen and oxygen atoms in total. The van der Waals surface area contributed by atoms with Gasteiger partial charge in [-0.15, -0.1) is 0 Å². The molecule has 5 heteroatoms. The van der Waals surface area contributed by atoms with Gasteiger partial charge in [-0.3, -0.25) is 0 Å². The molecule has 4 N–H and O–H groups in total. The molecule has 1 aromatic rings. The van der Waals surface area contributed by atoms with Crippen LogP contribution in [0.5, 0.6) is 5.75 Å². The molecule has 1 fully saturated rings. The topological polar surface area (TPSA) is 67.5 Å². The molecule has 1 aromatic carbocycles. The molecule has 25 heavy (non-hydrogen) atoms. The highest BCUT2D eigenvalue weighted by Crippen LogP contribution is 2.19. The van der Waals surface area contributed by atoms with Gasteiger partial charge in [0, 0.05) is 11.3 Å². The highest BCUT2D eigenvalue weighted by atomic mass is 19.1. The molecule has 0 aromatic heterocycles. The van der Waals surface area contributed by atoms with Crippen molar-refractivity contribution < 1.29 is 14.2 Å². The highest BCUT2D eigenvalue weighted by molar-refractivity contribution is 5.61. The fourth-order valence-corrected chi connectivity index (χ4v) is 2.40. The van der Waals surface area contributed by atoms with Crippen LogP contribution in [-0.2, 0) is 0 Å². The van der Waals surface area contributed by atoms with Crippen LogP contribution in [0.15, 0.2) is 43.0 Å². The molecule has 1 aliphatic rings. The predicted octanol–water partition coefficient (Wildman–Crippen LogP) is 3.28. The van der Waals surface area contributed by atoms with Crippen LogP contribution >= 0.6 is 0 Å². The second-order valence-electron chi connectivity index (χ2n) is 6.22. The van der Waals surface area contributed by atoms with Gasteiger partial charge < -0.3 is 20.9 Å². The van der Waals surface area contributed by atoms with Gasteiger partial charge in [0.15, 0.2) is 0 Å². The Labute approximate surface area is 150 Å². The molecule has 0 spiro atoms. The molecule has 1 aliphatic heterocycles. The minimum absolute atomic E-state index is 0.438. The maximum absolute atomic E-state index is 12.2. The molecule has 0 bridgehead atoms. The summed E-state index contributed by atoms with van der Waals surface area (Å²) in [5, 5.41) is 11.6. The summed E-state index contributed by atoms with van der Waals surface area (Å²) in [4.78, 5) is 0. The van der Waals surface area contributed by atoms with Crippen molar-refractivity contribution in [3.8, 4) is 5.75 Å². The SMILES string of the molecule is C=C(CC)C(F)CO.C=C(N)c1cccc(OCC2CCNCC2)c1. The normalized spacial score (nSPS) is 15.6. The summed E-state index contributed by atoms with van der Waals surface area (Å²) in [5.74, 6) is 1.55. The van der Waals surface area contributed by atoms with E-state index < -0.39 is 12.8 Å². The van der Waals surface area contributed by atoms with E-state index in [-0.39, 0.29) is 0 Å². The molecule has 0 radical (unpaired) electrons. The number of hydrogen-bond acceptors (Lipinski definition) is 4. The van der Waals surface area contributed by atoms with Crippen LogP contribution < -0.4 is 15.8 Å². The van der Waals surface area contributed by atoms with E-state index in [0.717, 1.165) is 31.0 Å². The van der Waals surface area contributed by atoms with Crippen molar-refractivity contribution in [2.24, 2.45) is 11.7 Å². The molecule has 1 unspecified atom stereocenters. The second-order valence-corrected chi connectivity index (χ2v) is 6.22. The number of ether oxygens (including phenoxy) is 1. The Kier molecular flexibility index (Phi) is 9.88. The summed E-state index contributed by atoms with van der Waals surface area (Å²) in [6.45, 7) is 11.5. The first-order valence-corrected chi connectivity index (χ1v) is 8.78. The summed E-state index contributed by atoms with van der Waals surface area (Å²) in [6, 6.07) is 7.81. The van der Waals surface area contributed by atoms with Gasteiger partial charge in [-0.05, 0) is 56.0 Å². The maximum Gasteiger partial charge on any atom is 0.144 e. The lowest BCUT2D eigenvalue weighted by molar-refractivity contribution is 0.200. The standard InChI is InChI=1S/C14H20N2O.C6H11FO/c1-11(15)13-3-2-4-14(9-13)17-10-12-5-7-16-8-6-12;1-3-5(2)6(7)4-8/h2-4,9,12,16H,1,5-8,10,15H2;6,8H,2-4H2,1H3. The molecular weight excluding hydrogens is 319 g/mol. The van der Waals surface area contributed by atoms with Crippen molar-refractivity contribution in [3.05, 3.63) is 48.6 Å². The Morgan fingerprint density at radius 3 is 2.60 bits per heavy atom. The fourth-order valence-electron chi connectivity index (χ4n) is 2.40. The van der Waals surface area contributed by atoms with Crippen molar-refractivity contribution in [1.82, 2.24) is 5.32 Å². The minimum Gasteiger partial charge on any atom is -0.493 e. The Morgan fingerprint density at radius 2 is 2.08 bits per heavy atom. The number of aliphatic hydroxyl groups excluding tert-OH is 1. The van der Waals surface area contributed by atoms with Gasteiger partial charge in [-0.2, -0.15) is 0 Å². The van der Waals surface area contributed by atoms with Crippen LogP contribution in [0.4, 0.5) is 4.39 Å². The number of rotatable bonds is 7. The van der Waals surface area contributed by atoms with Gasteiger partial charge in [0.2, 0.25) is 0 Å². The molecule has 2 rings (SSSR count). The van der Waals surface area contributed by atoms with Crippen molar-refractivity contribution >= 4 is 5.70 Å². The number of nitrogens with two attached hydrogens (primary N) is 1.